The predicted molar refractivity (Wildman–Crippen MR) is 70.4 cm³/mol. The first-order chi connectivity index (χ1) is 9.17. The Labute approximate surface area is 111 Å². The second-order valence-electron chi connectivity index (χ2n) is 4.33. The van der Waals surface area contributed by atoms with Crippen LogP contribution in [-0.2, 0) is 9.63 Å². The fraction of sp³-hybridized carbons (Fsp3) is 0.429. The van der Waals surface area contributed by atoms with Gasteiger partial charge in [-0.2, -0.15) is 0 Å². The van der Waals surface area contributed by atoms with Crippen LogP contribution in [0.2, 0.25) is 0 Å². The molecule has 1 aromatic carbocycles. The molecular formula is C14H17FN2O2. The number of carbonyl (C=O) groups excluding carboxylic acids is 1. The first-order valence-corrected chi connectivity index (χ1v) is 6.43. The molecule has 0 aliphatic carbocycles. The number of hydrogen-bond donors (Lipinski definition) is 0. The quantitative estimate of drug-likeness (QED) is 0.836. The maximum atomic E-state index is 13.6. The zero-order chi connectivity index (χ0) is 13.8. The summed E-state index contributed by atoms with van der Waals surface area (Å²) in [6, 6.07) is 6.37. The van der Waals surface area contributed by atoms with Crippen molar-refractivity contribution in [3.63, 3.8) is 0 Å². The monoisotopic (exact) mass is 264 g/mol. The Hall–Kier alpha value is -1.91. The Kier molecular flexibility index (Phi) is 4.14. The molecule has 0 radical (unpaired) electrons. The van der Waals surface area contributed by atoms with E-state index in [1.165, 1.54) is 6.07 Å². The van der Waals surface area contributed by atoms with E-state index in [9.17, 15) is 9.18 Å². The Balaban J connectivity index is 2.08. The van der Waals surface area contributed by atoms with Crippen molar-refractivity contribution in [1.82, 2.24) is 4.90 Å². The summed E-state index contributed by atoms with van der Waals surface area (Å²) in [5, 5.41) is 3.85. The van der Waals surface area contributed by atoms with Crippen molar-refractivity contribution in [3.05, 3.63) is 35.6 Å². The molecule has 1 aliphatic heterocycles. The van der Waals surface area contributed by atoms with E-state index < -0.39 is 6.10 Å². The molecule has 102 valence electrons. The van der Waals surface area contributed by atoms with Crippen LogP contribution in [0.15, 0.2) is 29.4 Å². The van der Waals surface area contributed by atoms with Gasteiger partial charge in [-0.3, -0.25) is 4.79 Å². The van der Waals surface area contributed by atoms with Crippen molar-refractivity contribution in [1.29, 1.82) is 0 Å². The summed E-state index contributed by atoms with van der Waals surface area (Å²) in [6.45, 7) is 5.08. The lowest BCUT2D eigenvalue weighted by Gasteiger charge is -2.20. The Morgan fingerprint density at radius 3 is 2.74 bits per heavy atom. The highest BCUT2D eigenvalue weighted by atomic mass is 19.1. The van der Waals surface area contributed by atoms with E-state index >= 15 is 0 Å². The third-order valence-corrected chi connectivity index (χ3v) is 3.20. The van der Waals surface area contributed by atoms with Gasteiger partial charge in [0.05, 0.1) is 5.71 Å². The maximum absolute atomic E-state index is 13.6. The van der Waals surface area contributed by atoms with Gasteiger partial charge in [0.1, 0.15) is 5.82 Å². The molecule has 0 fully saturated rings. The molecule has 0 saturated heterocycles. The fourth-order valence-corrected chi connectivity index (χ4v) is 2.10. The van der Waals surface area contributed by atoms with Crippen LogP contribution in [0.4, 0.5) is 4.39 Å². The molecule has 5 heteroatoms. The molecule has 0 bridgehead atoms. The zero-order valence-corrected chi connectivity index (χ0v) is 11.1. The van der Waals surface area contributed by atoms with Crippen LogP contribution in [0, 0.1) is 5.82 Å². The maximum Gasteiger partial charge on any atom is 0.266 e. The lowest BCUT2D eigenvalue weighted by Crippen LogP contribution is -2.39. The second-order valence-corrected chi connectivity index (χ2v) is 4.33. The molecule has 2 rings (SSSR count). The molecule has 0 N–H and O–H groups in total. The molecular weight excluding hydrogens is 247 g/mol. The van der Waals surface area contributed by atoms with Crippen molar-refractivity contribution < 1.29 is 14.0 Å². The average molecular weight is 264 g/mol. The summed E-state index contributed by atoms with van der Waals surface area (Å²) in [5.41, 5.74) is 0.890. The molecule has 19 heavy (non-hydrogen) atoms. The number of oxime groups is 1. The number of amides is 1. The minimum atomic E-state index is -0.630. The Morgan fingerprint density at radius 2 is 2.11 bits per heavy atom. The first-order valence-electron chi connectivity index (χ1n) is 6.43. The highest BCUT2D eigenvalue weighted by Gasteiger charge is 2.32. The lowest BCUT2D eigenvalue weighted by molar-refractivity contribution is -0.141. The largest absolute Gasteiger partial charge is 0.382 e. The van der Waals surface area contributed by atoms with Crippen LogP contribution in [0.5, 0.6) is 0 Å². The van der Waals surface area contributed by atoms with Gasteiger partial charge in [-0.15, -0.1) is 0 Å². The molecule has 4 nitrogen and oxygen atoms in total. The summed E-state index contributed by atoms with van der Waals surface area (Å²) < 4.78 is 13.6. The highest BCUT2D eigenvalue weighted by molar-refractivity contribution is 6.04. The van der Waals surface area contributed by atoms with E-state index in [-0.39, 0.29) is 11.7 Å². The standard InChI is InChI=1S/C14H17FN2O2/c1-3-17(4-2)14(18)13-9-12(16-19-13)10-7-5-6-8-11(10)15/h5-8,13H,3-4,9H2,1-2H3/t13-/m1/s1. The normalized spacial score (nSPS) is 17.8. The third-order valence-electron chi connectivity index (χ3n) is 3.20. The van der Waals surface area contributed by atoms with Gasteiger partial charge >= 0.3 is 0 Å². The van der Waals surface area contributed by atoms with Gasteiger partial charge in [-0.05, 0) is 19.9 Å². The second kappa shape index (κ2) is 5.82. The Bertz CT molecular complexity index is 498. The van der Waals surface area contributed by atoms with Crippen LogP contribution in [0.25, 0.3) is 0 Å². The number of benzene rings is 1. The van der Waals surface area contributed by atoms with Gasteiger partial charge < -0.3 is 9.74 Å². The van der Waals surface area contributed by atoms with E-state index in [0.29, 0.717) is 30.8 Å². The van der Waals surface area contributed by atoms with Crippen molar-refractivity contribution >= 4 is 11.6 Å². The van der Waals surface area contributed by atoms with Gasteiger partial charge in [0.15, 0.2) is 0 Å². The van der Waals surface area contributed by atoms with Crippen molar-refractivity contribution in [2.45, 2.75) is 26.4 Å². The minimum absolute atomic E-state index is 0.0971. The van der Waals surface area contributed by atoms with E-state index in [1.807, 2.05) is 13.8 Å². The summed E-state index contributed by atoms with van der Waals surface area (Å²) in [7, 11) is 0. The van der Waals surface area contributed by atoms with Crippen LogP contribution < -0.4 is 0 Å². The van der Waals surface area contributed by atoms with Crippen LogP contribution >= 0.6 is 0 Å². The highest BCUT2D eigenvalue weighted by Crippen LogP contribution is 2.20. The van der Waals surface area contributed by atoms with E-state index in [2.05, 4.69) is 5.16 Å². The number of nitrogens with zero attached hydrogens (tertiary/aromatic N) is 2. The number of carbonyl (C=O) groups is 1. The number of likely N-dealkylation sites (N-methyl/N-ethyl adjacent to an activating group) is 1. The third kappa shape index (κ3) is 2.75. The molecule has 0 spiro atoms. The van der Waals surface area contributed by atoms with Crippen LogP contribution in [0.3, 0.4) is 0 Å². The van der Waals surface area contributed by atoms with Gasteiger partial charge in [0.25, 0.3) is 5.91 Å². The smallest absolute Gasteiger partial charge is 0.266 e. The van der Waals surface area contributed by atoms with E-state index in [0.717, 1.165) is 0 Å². The zero-order valence-electron chi connectivity index (χ0n) is 11.1. The van der Waals surface area contributed by atoms with Gasteiger partial charge in [-0.25, -0.2) is 4.39 Å². The molecule has 0 saturated carbocycles. The summed E-state index contributed by atoms with van der Waals surface area (Å²) in [6.07, 6.45) is -0.314. The molecule has 1 heterocycles. The van der Waals surface area contributed by atoms with Gasteiger partial charge in [-0.1, -0.05) is 23.4 Å². The number of halogens is 1. The molecule has 1 aromatic rings. The van der Waals surface area contributed by atoms with Gasteiger partial charge in [0.2, 0.25) is 6.10 Å². The molecule has 0 unspecified atom stereocenters. The van der Waals surface area contributed by atoms with Crippen LogP contribution in [-0.4, -0.2) is 35.7 Å². The molecule has 0 aromatic heterocycles. The Morgan fingerprint density at radius 1 is 1.42 bits per heavy atom. The molecule has 1 aliphatic rings. The first kappa shape index (κ1) is 13.5. The fourth-order valence-electron chi connectivity index (χ4n) is 2.10. The summed E-state index contributed by atoms with van der Waals surface area (Å²) >= 11 is 0. The SMILES string of the molecule is CCN(CC)C(=O)[C@H]1CC(c2ccccc2F)=NO1. The average Bonchev–Trinajstić information content (AvgIpc) is 2.90. The van der Waals surface area contributed by atoms with E-state index in [4.69, 9.17) is 4.84 Å². The molecule has 1 amide bonds. The van der Waals surface area contributed by atoms with Crippen molar-refractivity contribution in [2.24, 2.45) is 5.16 Å². The van der Waals surface area contributed by atoms with Gasteiger partial charge in [0, 0.05) is 25.1 Å². The van der Waals surface area contributed by atoms with Crippen molar-refractivity contribution in [3.8, 4) is 0 Å². The minimum Gasteiger partial charge on any atom is -0.382 e. The topological polar surface area (TPSA) is 41.9 Å². The lowest BCUT2D eigenvalue weighted by atomic mass is 10.0. The van der Waals surface area contributed by atoms with Crippen LogP contribution in [0.1, 0.15) is 25.8 Å². The van der Waals surface area contributed by atoms with E-state index in [1.54, 1.807) is 23.1 Å². The summed E-state index contributed by atoms with van der Waals surface area (Å²) in [5.74, 6) is -0.444. The predicted octanol–water partition coefficient (Wildman–Crippen LogP) is 2.19. The van der Waals surface area contributed by atoms with Crippen molar-refractivity contribution in [2.75, 3.05) is 13.1 Å². The summed E-state index contributed by atoms with van der Waals surface area (Å²) in [4.78, 5) is 18.9. The molecule has 1 atom stereocenters. The number of rotatable bonds is 4. The number of hydrogen-bond acceptors (Lipinski definition) is 3.